The van der Waals surface area contributed by atoms with E-state index >= 15 is 0 Å². The zero-order valence-corrected chi connectivity index (χ0v) is 17.1. The Morgan fingerprint density at radius 3 is 1.58 bits per heavy atom. The van der Waals surface area contributed by atoms with Crippen LogP contribution in [0.2, 0.25) is 0 Å². The Hall–Kier alpha value is -1.38. The summed E-state index contributed by atoms with van der Waals surface area (Å²) in [5.74, 6) is 0. The maximum atomic E-state index is 3.67. The number of hydrogen-bond donors (Lipinski definition) is 0. The van der Waals surface area contributed by atoms with Crippen LogP contribution in [-0.4, -0.2) is 0 Å². The Bertz CT molecular complexity index is 898. The van der Waals surface area contributed by atoms with Gasteiger partial charge in [0.2, 0.25) is 0 Å². The van der Waals surface area contributed by atoms with E-state index in [1.54, 1.807) is 0 Å². The third-order valence-corrected chi connectivity index (χ3v) is 6.12. The van der Waals surface area contributed by atoms with Gasteiger partial charge in [0.15, 0.2) is 0 Å². The molecule has 24 heavy (non-hydrogen) atoms. The number of fused-ring (bicyclic) bond motifs is 3. The van der Waals surface area contributed by atoms with Gasteiger partial charge in [0, 0.05) is 14.4 Å². The lowest BCUT2D eigenvalue weighted by atomic mass is 9.73. The first kappa shape index (κ1) is 16.1. The molecule has 0 aliphatic heterocycles. The largest absolute Gasteiger partial charge is 0.0564 e. The molecule has 3 aromatic rings. The average molecular weight is 442 g/mol. The van der Waals surface area contributed by atoms with Crippen LogP contribution in [0.1, 0.15) is 34.7 Å². The second-order valence-corrected chi connectivity index (χ2v) is 8.71. The zero-order chi connectivity index (χ0) is 17.1. The van der Waals surface area contributed by atoms with E-state index in [-0.39, 0.29) is 5.41 Å². The van der Waals surface area contributed by atoms with Crippen molar-refractivity contribution in [2.75, 3.05) is 0 Å². The van der Waals surface area contributed by atoms with Crippen molar-refractivity contribution in [3.8, 4) is 11.1 Å². The molecule has 3 aromatic carbocycles. The number of aryl methyl sites for hydroxylation is 2. The molecular formula is C22H18Br2. The highest BCUT2D eigenvalue weighted by atomic mass is 79.9. The Morgan fingerprint density at radius 1 is 0.667 bits per heavy atom. The van der Waals surface area contributed by atoms with Crippen LogP contribution in [0.3, 0.4) is 0 Å². The monoisotopic (exact) mass is 440 g/mol. The predicted octanol–water partition coefficient (Wildman–Crippen LogP) is 7.16. The molecule has 0 heterocycles. The van der Waals surface area contributed by atoms with E-state index in [0.717, 1.165) is 8.95 Å². The van der Waals surface area contributed by atoms with Crippen molar-refractivity contribution >= 4 is 31.9 Å². The molecule has 1 aliphatic rings. The number of benzene rings is 3. The van der Waals surface area contributed by atoms with Crippen molar-refractivity contribution in [1.29, 1.82) is 0 Å². The second kappa shape index (κ2) is 5.57. The summed E-state index contributed by atoms with van der Waals surface area (Å²) in [7, 11) is 0. The minimum absolute atomic E-state index is 0.144. The third-order valence-electron chi connectivity index (χ3n) is 5.13. The Morgan fingerprint density at radius 2 is 1.12 bits per heavy atom. The number of halogens is 2. The normalized spacial score (nSPS) is 14.4. The molecular weight excluding hydrogens is 424 g/mol. The van der Waals surface area contributed by atoms with Gasteiger partial charge in [-0.1, -0.05) is 73.3 Å². The van der Waals surface area contributed by atoms with Gasteiger partial charge in [0.05, 0.1) is 0 Å². The Kier molecular flexibility index (Phi) is 3.74. The smallest absolute Gasteiger partial charge is 0.0436 e. The summed E-state index contributed by atoms with van der Waals surface area (Å²) in [5, 5.41) is 0. The molecule has 0 saturated carbocycles. The van der Waals surface area contributed by atoms with Crippen LogP contribution in [0.5, 0.6) is 0 Å². The summed E-state index contributed by atoms with van der Waals surface area (Å²) in [6, 6.07) is 20.2. The van der Waals surface area contributed by atoms with Crippen LogP contribution in [-0.2, 0) is 5.41 Å². The SMILES string of the molecule is Cc1cc(C)cc(C2(C)c3cc(Br)ccc3-c3ccc(Br)cc32)c1. The first-order valence-electron chi connectivity index (χ1n) is 8.09. The van der Waals surface area contributed by atoms with Gasteiger partial charge in [-0.25, -0.2) is 0 Å². The minimum atomic E-state index is -0.144. The molecule has 0 nitrogen and oxygen atoms in total. The molecule has 1 aliphatic carbocycles. The van der Waals surface area contributed by atoms with Gasteiger partial charge >= 0.3 is 0 Å². The van der Waals surface area contributed by atoms with Crippen LogP contribution >= 0.6 is 31.9 Å². The van der Waals surface area contributed by atoms with Gasteiger partial charge in [0.1, 0.15) is 0 Å². The van der Waals surface area contributed by atoms with Crippen molar-refractivity contribution in [2.24, 2.45) is 0 Å². The molecule has 0 radical (unpaired) electrons. The van der Waals surface area contributed by atoms with E-state index in [4.69, 9.17) is 0 Å². The molecule has 0 saturated heterocycles. The quantitative estimate of drug-likeness (QED) is 0.375. The summed E-state index contributed by atoms with van der Waals surface area (Å²) in [6.07, 6.45) is 0. The van der Waals surface area contributed by atoms with E-state index in [0.29, 0.717) is 0 Å². The van der Waals surface area contributed by atoms with Gasteiger partial charge in [-0.3, -0.25) is 0 Å². The molecule has 0 unspecified atom stereocenters. The fourth-order valence-electron chi connectivity index (χ4n) is 4.05. The lowest BCUT2D eigenvalue weighted by Gasteiger charge is -2.29. The Balaban J connectivity index is 2.11. The summed E-state index contributed by atoms with van der Waals surface area (Å²) in [5.41, 5.74) is 9.25. The van der Waals surface area contributed by atoms with Crippen LogP contribution < -0.4 is 0 Å². The minimum Gasteiger partial charge on any atom is -0.0564 e. The molecule has 0 atom stereocenters. The highest BCUT2D eigenvalue weighted by Gasteiger charge is 2.41. The summed E-state index contributed by atoms with van der Waals surface area (Å²) >= 11 is 7.34. The van der Waals surface area contributed by atoms with Crippen LogP contribution in [0.4, 0.5) is 0 Å². The van der Waals surface area contributed by atoms with Crippen molar-refractivity contribution in [1.82, 2.24) is 0 Å². The van der Waals surface area contributed by atoms with Gasteiger partial charge in [-0.2, -0.15) is 0 Å². The van der Waals surface area contributed by atoms with Crippen LogP contribution in [0, 0.1) is 13.8 Å². The van der Waals surface area contributed by atoms with E-state index in [1.807, 2.05) is 0 Å². The van der Waals surface area contributed by atoms with Crippen molar-refractivity contribution < 1.29 is 0 Å². The molecule has 4 rings (SSSR count). The molecule has 0 N–H and O–H groups in total. The van der Waals surface area contributed by atoms with E-state index in [2.05, 4.69) is 107 Å². The molecule has 0 aromatic heterocycles. The van der Waals surface area contributed by atoms with Crippen LogP contribution in [0.25, 0.3) is 11.1 Å². The average Bonchev–Trinajstić information content (AvgIpc) is 2.76. The topological polar surface area (TPSA) is 0 Å². The summed E-state index contributed by atoms with van der Waals surface area (Å²) < 4.78 is 2.26. The third kappa shape index (κ3) is 2.31. The van der Waals surface area contributed by atoms with E-state index in [1.165, 1.54) is 38.9 Å². The maximum Gasteiger partial charge on any atom is 0.0436 e. The van der Waals surface area contributed by atoms with Gasteiger partial charge < -0.3 is 0 Å². The standard InChI is InChI=1S/C22H18Br2/c1-13-8-14(2)10-15(9-13)22(3)20-11-16(23)4-6-18(20)19-7-5-17(24)12-21(19)22/h4-12H,1-3H3. The second-order valence-electron chi connectivity index (χ2n) is 6.88. The van der Waals surface area contributed by atoms with Gasteiger partial charge in [0.25, 0.3) is 0 Å². The molecule has 0 amide bonds. The predicted molar refractivity (Wildman–Crippen MR) is 109 cm³/mol. The zero-order valence-electron chi connectivity index (χ0n) is 14.0. The molecule has 0 spiro atoms. The first-order valence-corrected chi connectivity index (χ1v) is 9.67. The highest BCUT2D eigenvalue weighted by Crippen LogP contribution is 2.53. The van der Waals surface area contributed by atoms with Gasteiger partial charge in [-0.15, -0.1) is 0 Å². The summed E-state index contributed by atoms with van der Waals surface area (Å²) in [6.45, 7) is 6.71. The van der Waals surface area contributed by atoms with E-state index < -0.39 is 0 Å². The first-order chi connectivity index (χ1) is 11.4. The van der Waals surface area contributed by atoms with Crippen molar-refractivity contribution in [2.45, 2.75) is 26.2 Å². The lowest BCUT2D eigenvalue weighted by Crippen LogP contribution is -2.22. The van der Waals surface area contributed by atoms with Crippen LogP contribution in [0.15, 0.2) is 63.5 Å². The fourth-order valence-corrected chi connectivity index (χ4v) is 4.77. The molecule has 2 heteroatoms. The molecule has 120 valence electrons. The highest BCUT2D eigenvalue weighted by molar-refractivity contribution is 9.10. The van der Waals surface area contributed by atoms with Crippen molar-refractivity contribution in [3.63, 3.8) is 0 Å². The molecule has 0 fully saturated rings. The fraction of sp³-hybridized carbons (Fsp3) is 0.182. The van der Waals surface area contributed by atoms with Gasteiger partial charge in [-0.05, 0) is 72.9 Å². The number of rotatable bonds is 1. The lowest BCUT2D eigenvalue weighted by molar-refractivity contribution is 0.711. The molecule has 0 bridgehead atoms. The maximum absolute atomic E-state index is 3.67. The Labute approximate surface area is 160 Å². The summed E-state index contributed by atoms with van der Waals surface area (Å²) in [4.78, 5) is 0. The van der Waals surface area contributed by atoms with E-state index in [9.17, 15) is 0 Å². The van der Waals surface area contributed by atoms with Crippen molar-refractivity contribution in [3.05, 3.63) is 91.4 Å². The number of hydrogen-bond acceptors (Lipinski definition) is 0.